The number of hydrogen-bond donors (Lipinski definition) is 4. The Hall–Kier alpha value is -11.3. The summed E-state index contributed by atoms with van der Waals surface area (Å²) in [5, 5.41) is 25.5. The quantitative estimate of drug-likeness (QED) is 0.0327. The first-order chi connectivity index (χ1) is 52.8. The van der Waals surface area contributed by atoms with Crippen molar-refractivity contribution in [3.63, 3.8) is 0 Å². The average Bonchev–Trinajstić information content (AvgIpc) is 0.789. The van der Waals surface area contributed by atoms with Crippen molar-refractivity contribution >= 4 is 142 Å². The van der Waals surface area contributed by atoms with E-state index in [1.165, 1.54) is 0 Å². The lowest BCUT2D eigenvalue weighted by molar-refractivity contribution is 1.37. The van der Waals surface area contributed by atoms with E-state index in [0.29, 0.717) is 22.7 Å². The number of para-hydroxylation sites is 4. The second-order valence-electron chi connectivity index (χ2n) is 26.8. The van der Waals surface area contributed by atoms with Crippen LogP contribution in [0.2, 0.25) is 0 Å². The third-order valence-electron chi connectivity index (χ3n) is 18.9. The van der Waals surface area contributed by atoms with Gasteiger partial charge in [-0.1, -0.05) is 315 Å². The first-order valence-electron chi connectivity index (χ1n) is 36.4. The predicted octanol–water partition coefficient (Wildman–Crippen LogP) is 22.8. The van der Waals surface area contributed by atoms with Crippen LogP contribution in [0.15, 0.2) is 372 Å². The molecule has 0 aliphatic carbocycles. The summed E-state index contributed by atoms with van der Waals surface area (Å²) in [6.07, 6.45) is 0. The Kier molecular flexibility index (Phi) is 23.8. The summed E-state index contributed by atoms with van der Waals surface area (Å²) in [6.45, 7) is 17.4. The summed E-state index contributed by atoms with van der Waals surface area (Å²) in [6, 6.07) is 126. The fraction of sp³-hybridized carbons (Fsp3) is 0.0833. The van der Waals surface area contributed by atoms with Crippen LogP contribution in [0.3, 0.4) is 0 Å². The molecule has 0 bridgehead atoms. The maximum absolute atomic E-state index is 6.05. The van der Waals surface area contributed by atoms with E-state index in [-0.39, 0.29) is 0 Å². The number of benzene rings is 14. The topological polar surface area (TPSA) is 97.6 Å². The number of aryl methyl sites for hydroxylation is 8. The van der Waals surface area contributed by atoms with Crippen LogP contribution in [-0.2, 0) is 0 Å². The highest BCUT2D eigenvalue weighted by Gasteiger charge is 2.28. The summed E-state index contributed by atoms with van der Waals surface area (Å²) in [7, 11) is -5.25. The molecule has 0 unspecified atom stereocenters. The Labute approximate surface area is 641 Å². The van der Waals surface area contributed by atoms with E-state index in [1.807, 2.05) is 0 Å². The van der Waals surface area contributed by atoms with Crippen LogP contribution in [0.25, 0.3) is 11.1 Å². The zero-order valence-corrected chi connectivity index (χ0v) is 65.6. The van der Waals surface area contributed by atoms with Gasteiger partial charge in [-0.25, -0.2) is 20.0 Å². The molecule has 14 aromatic carbocycles. The molecule has 14 rings (SSSR count). The van der Waals surface area contributed by atoms with Gasteiger partial charge < -0.3 is 21.3 Å². The molecule has 530 valence electrons. The maximum Gasteiger partial charge on any atom is 0.138 e. The van der Waals surface area contributed by atoms with Crippen molar-refractivity contribution in [2.45, 2.75) is 55.4 Å². The zero-order chi connectivity index (χ0) is 74.3. The van der Waals surface area contributed by atoms with E-state index in [2.05, 4.69) is 429 Å². The fourth-order valence-corrected chi connectivity index (χ4v) is 22.2. The van der Waals surface area contributed by atoms with Crippen molar-refractivity contribution in [2.24, 2.45) is 20.0 Å². The van der Waals surface area contributed by atoms with Gasteiger partial charge in [0.1, 0.15) is 22.3 Å². The van der Waals surface area contributed by atoms with Gasteiger partial charge in [0.2, 0.25) is 0 Å². The first kappa shape index (κ1) is 73.6. The molecule has 14 aromatic rings. The second-order valence-corrected chi connectivity index (χ2v) is 35.3. The second kappa shape index (κ2) is 34.9. The molecule has 0 aromatic heterocycles. The molecule has 0 saturated carbocycles. The fourth-order valence-electron chi connectivity index (χ4n) is 13.5. The number of aliphatic imine (C=N–C) groups is 4. The van der Waals surface area contributed by atoms with Crippen LogP contribution >= 0.6 is 31.7 Å². The molecule has 0 heterocycles. The zero-order valence-electron chi connectivity index (χ0n) is 62.1. The molecular formula is C96H86N8P4. The monoisotopic (exact) mass is 1470 g/mol. The molecular weight excluding hydrogens is 1390 g/mol. The number of nitrogens with one attached hydrogen (secondary N) is 4. The maximum atomic E-state index is 6.05. The molecule has 0 fully saturated rings. The van der Waals surface area contributed by atoms with E-state index in [0.717, 1.165) is 143 Å². The van der Waals surface area contributed by atoms with Gasteiger partial charge in [-0.3, -0.25) is 0 Å². The van der Waals surface area contributed by atoms with Crippen molar-refractivity contribution < 1.29 is 0 Å². The lowest BCUT2D eigenvalue weighted by atomic mass is 10.0. The van der Waals surface area contributed by atoms with E-state index in [1.54, 1.807) is 0 Å². The van der Waals surface area contributed by atoms with Crippen LogP contribution in [0.5, 0.6) is 0 Å². The van der Waals surface area contributed by atoms with Gasteiger partial charge in [-0.15, -0.1) is 0 Å². The Morgan fingerprint density at radius 2 is 0.333 bits per heavy atom. The van der Waals surface area contributed by atoms with Crippen molar-refractivity contribution in [3.8, 4) is 11.1 Å². The van der Waals surface area contributed by atoms with E-state index in [9.17, 15) is 0 Å². The van der Waals surface area contributed by atoms with Crippen LogP contribution in [0.1, 0.15) is 44.5 Å². The molecule has 0 amide bonds. The van der Waals surface area contributed by atoms with Crippen LogP contribution in [0.4, 0.5) is 45.5 Å². The lowest BCUT2D eigenvalue weighted by Crippen LogP contribution is -2.24. The minimum Gasteiger partial charge on any atom is -0.339 e. The van der Waals surface area contributed by atoms with Crippen molar-refractivity contribution in [1.82, 2.24) is 0 Å². The molecule has 0 saturated heterocycles. The summed E-state index contributed by atoms with van der Waals surface area (Å²) >= 11 is 0. The smallest absolute Gasteiger partial charge is 0.138 e. The van der Waals surface area contributed by atoms with E-state index in [4.69, 9.17) is 20.0 Å². The van der Waals surface area contributed by atoms with Gasteiger partial charge in [0.25, 0.3) is 0 Å². The molecule has 12 heteroatoms. The largest absolute Gasteiger partial charge is 0.339 e. The van der Waals surface area contributed by atoms with Gasteiger partial charge in [0.05, 0.1) is 22.7 Å². The van der Waals surface area contributed by atoms with Crippen molar-refractivity contribution in [2.75, 3.05) is 21.3 Å². The highest BCUT2D eigenvalue weighted by molar-refractivity contribution is 7.89. The van der Waals surface area contributed by atoms with Crippen LogP contribution in [0, 0.1) is 55.4 Å². The van der Waals surface area contributed by atoms with Gasteiger partial charge in [-0.2, -0.15) is 0 Å². The Bertz CT molecular complexity index is 4630. The summed E-state index contributed by atoms with van der Waals surface area (Å²) < 4.78 is 0. The third-order valence-corrected chi connectivity index (χ3v) is 28.0. The number of amidine groups is 4. The van der Waals surface area contributed by atoms with Crippen LogP contribution in [-0.4, -0.2) is 22.3 Å². The van der Waals surface area contributed by atoms with Gasteiger partial charge in [0.15, 0.2) is 0 Å². The average molecular weight is 1480 g/mol. The molecule has 0 atom stereocenters. The molecule has 0 spiro atoms. The molecule has 8 nitrogen and oxygen atoms in total. The van der Waals surface area contributed by atoms with Crippen LogP contribution < -0.4 is 63.7 Å². The standard InChI is InChI=1S/C96H86N8P4/c1-67-37-33-38-68(2)89(67)101-93(105(81-45-17-9-18-46-81)82-47-19-10-20-48-82)97-77-61-75(62-78(65-77)98-94(102-90-69(3)39-34-40-70(90)4)106(83-49-21-11-22-50-83)84-51-23-12-24-52-84)76-63-79(99-95(103-91-71(5)41-35-42-72(91)6)107(85-53-25-13-26-54-85)86-55-27-14-28-56-86)66-80(64-76)100-96(104-92-73(7)43-36-44-74(92)8)108(87-57-29-15-30-58-87)88-59-31-16-32-60-88/h9-66H,1-8H3,(H,97,101)(H,98,102)(H,99,103)(H,100,104). The van der Waals surface area contributed by atoms with Crippen molar-refractivity contribution in [3.05, 3.63) is 396 Å². The Balaban J connectivity index is 1.11. The van der Waals surface area contributed by atoms with E-state index >= 15 is 0 Å². The number of anilines is 4. The third kappa shape index (κ3) is 17.7. The Morgan fingerprint density at radius 3 is 0.481 bits per heavy atom. The first-order valence-corrected chi connectivity index (χ1v) is 41.8. The molecule has 0 aliphatic heterocycles. The van der Waals surface area contributed by atoms with Gasteiger partial charge >= 0.3 is 0 Å². The highest BCUT2D eigenvalue weighted by Crippen LogP contribution is 2.47. The number of nitrogens with zero attached hydrogens (tertiary/aromatic N) is 4. The molecule has 0 radical (unpaired) electrons. The summed E-state index contributed by atoms with van der Waals surface area (Å²) in [5.41, 5.74) is 20.8. The molecule has 0 aliphatic rings. The minimum absolute atomic E-state index is 0.705. The predicted molar refractivity (Wildman–Crippen MR) is 475 cm³/mol. The van der Waals surface area contributed by atoms with E-state index < -0.39 is 31.7 Å². The van der Waals surface area contributed by atoms with Gasteiger partial charge in [-0.05, 0) is 190 Å². The Morgan fingerprint density at radius 1 is 0.185 bits per heavy atom. The SMILES string of the molecule is Cc1cccc(C)c1N/C(=N/c1cc(/N=C(/Nc2c(C)cccc2C)P(c2ccccc2)c2ccccc2)cc(-c2cc(/N=C(/Nc3c(C)cccc3C)P(c3ccccc3)c3ccccc3)cc(/N=C(/Nc3c(C)cccc3C)P(c3ccccc3)c3ccccc3)c2)c1)P(c1ccccc1)c1ccccc1. The molecule has 4 N–H and O–H groups in total. The lowest BCUT2D eigenvalue weighted by Gasteiger charge is -2.25. The van der Waals surface area contributed by atoms with Gasteiger partial charge in [0, 0.05) is 54.4 Å². The normalized spacial score (nSPS) is 12.1. The molecule has 108 heavy (non-hydrogen) atoms. The highest BCUT2D eigenvalue weighted by atomic mass is 31.1. The summed E-state index contributed by atoms with van der Waals surface area (Å²) in [4.78, 5) is 24.2. The summed E-state index contributed by atoms with van der Waals surface area (Å²) in [5.74, 6) is 0. The number of rotatable bonds is 21. The number of hydrogen-bond acceptors (Lipinski definition) is 4. The van der Waals surface area contributed by atoms with Crippen molar-refractivity contribution in [1.29, 1.82) is 0 Å². The minimum atomic E-state index is -1.31.